The summed E-state index contributed by atoms with van der Waals surface area (Å²) in [6.45, 7) is 0. The van der Waals surface area contributed by atoms with Crippen LogP contribution in [0.2, 0.25) is 0 Å². The van der Waals surface area contributed by atoms with Crippen molar-refractivity contribution in [3.63, 3.8) is 0 Å². The van der Waals surface area contributed by atoms with Gasteiger partial charge in [-0.1, -0.05) is 6.42 Å². The molecule has 0 spiro atoms. The molecule has 2 fully saturated rings. The summed E-state index contributed by atoms with van der Waals surface area (Å²) in [4.78, 5) is 10.7. The van der Waals surface area contributed by atoms with Crippen LogP contribution in [-0.2, 0) is 4.79 Å². The van der Waals surface area contributed by atoms with Crippen LogP contribution in [0.3, 0.4) is 0 Å². The van der Waals surface area contributed by atoms with E-state index in [2.05, 4.69) is 5.32 Å². The van der Waals surface area contributed by atoms with Crippen LogP contribution in [0.15, 0.2) is 0 Å². The first-order valence-corrected chi connectivity index (χ1v) is 7.87. The Morgan fingerprint density at radius 1 is 1.41 bits per heavy atom. The molecule has 1 heterocycles. The summed E-state index contributed by atoms with van der Waals surface area (Å²) in [5, 5.41) is 12.5. The number of thioether (sulfide) groups is 1. The minimum Gasteiger partial charge on any atom is -0.481 e. The Balaban J connectivity index is 1.89. The Labute approximate surface area is 116 Å². The normalized spacial score (nSPS) is 42.6. The maximum Gasteiger partial charge on any atom is 0.304 e. The molecule has 1 saturated heterocycles. The molecule has 6 heteroatoms. The van der Waals surface area contributed by atoms with Gasteiger partial charge in [-0.15, -0.1) is 35.0 Å². The molecular formula is C11H17Cl2NO2S. The van der Waals surface area contributed by atoms with Crippen molar-refractivity contribution in [2.75, 3.05) is 5.75 Å². The van der Waals surface area contributed by atoms with Crippen molar-refractivity contribution >= 4 is 40.9 Å². The smallest absolute Gasteiger partial charge is 0.304 e. The number of alkyl halides is 2. The predicted octanol–water partition coefficient (Wildman–Crippen LogP) is 2.51. The second-order valence-corrected chi connectivity index (χ2v) is 7.01. The second kappa shape index (κ2) is 6.00. The molecule has 5 atom stereocenters. The van der Waals surface area contributed by atoms with E-state index in [-0.39, 0.29) is 28.6 Å². The van der Waals surface area contributed by atoms with E-state index in [9.17, 15) is 4.79 Å². The van der Waals surface area contributed by atoms with Crippen molar-refractivity contribution in [2.24, 2.45) is 5.92 Å². The third-order valence-electron chi connectivity index (χ3n) is 3.46. The molecule has 1 aliphatic carbocycles. The van der Waals surface area contributed by atoms with Gasteiger partial charge in [-0.05, 0) is 12.8 Å². The lowest BCUT2D eigenvalue weighted by molar-refractivity contribution is -0.137. The molecule has 2 aliphatic rings. The summed E-state index contributed by atoms with van der Waals surface area (Å²) < 4.78 is 0. The van der Waals surface area contributed by atoms with Gasteiger partial charge in [0.2, 0.25) is 0 Å². The van der Waals surface area contributed by atoms with Gasteiger partial charge in [0.15, 0.2) is 0 Å². The Morgan fingerprint density at radius 3 is 2.88 bits per heavy atom. The van der Waals surface area contributed by atoms with E-state index in [1.807, 2.05) is 0 Å². The van der Waals surface area contributed by atoms with Gasteiger partial charge in [0.05, 0.1) is 22.5 Å². The molecule has 2 rings (SSSR count). The second-order valence-electron chi connectivity index (χ2n) is 4.77. The number of aliphatic carboxylic acids is 1. The lowest BCUT2D eigenvalue weighted by Crippen LogP contribution is -2.43. The Kier molecular flexibility index (Phi) is 4.87. The fourth-order valence-electron chi connectivity index (χ4n) is 2.58. The minimum absolute atomic E-state index is 0.000931. The highest BCUT2D eigenvalue weighted by molar-refractivity contribution is 8.00. The molecule has 1 aliphatic heterocycles. The third kappa shape index (κ3) is 3.43. The van der Waals surface area contributed by atoms with Crippen molar-refractivity contribution in [2.45, 2.75) is 47.9 Å². The highest BCUT2D eigenvalue weighted by Crippen LogP contribution is 2.39. The zero-order chi connectivity index (χ0) is 12.4. The third-order valence-corrected chi connectivity index (χ3v) is 6.14. The zero-order valence-electron chi connectivity index (χ0n) is 9.44. The zero-order valence-corrected chi connectivity index (χ0v) is 11.8. The highest BCUT2D eigenvalue weighted by atomic mass is 35.5. The molecule has 0 aromatic heterocycles. The average molecular weight is 298 g/mol. The molecule has 3 nitrogen and oxygen atoms in total. The van der Waals surface area contributed by atoms with Crippen molar-refractivity contribution < 1.29 is 9.90 Å². The first kappa shape index (κ1) is 13.8. The Bertz CT molecular complexity index is 293. The van der Waals surface area contributed by atoms with Crippen LogP contribution in [0, 0.1) is 5.92 Å². The van der Waals surface area contributed by atoms with Gasteiger partial charge in [-0.2, -0.15) is 0 Å². The van der Waals surface area contributed by atoms with E-state index in [4.69, 9.17) is 28.3 Å². The average Bonchev–Trinajstić information content (AvgIpc) is 2.69. The van der Waals surface area contributed by atoms with Gasteiger partial charge < -0.3 is 10.4 Å². The van der Waals surface area contributed by atoms with Crippen LogP contribution in [0.4, 0.5) is 0 Å². The van der Waals surface area contributed by atoms with Gasteiger partial charge in [-0.3, -0.25) is 4.79 Å². The maximum atomic E-state index is 10.7. The van der Waals surface area contributed by atoms with E-state index >= 15 is 0 Å². The number of halogens is 2. The number of rotatable bonds is 3. The van der Waals surface area contributed by atoms with Gasteiger partial charge in [-0.25, -0.2) is 0 Å². The largest absolute Gasteiger partial charge is 0.481 e. The van der Waals surface area contributed by atoms with Crippen LogP contribution in [0.5, 0.6) is 0 Å². The molecule has 5 unspecified atom stereocenters. The maximum absolute atomic E-state index is 10.7. The quantitative estimate of drug-likeness (QED) is 0.786. The number of carbonyl (C=O) groups is 1. The molecule has 1 saturated carbocycles. The van der Waals surface area contributed by atoms with Crippen molar-refractivity contribution in [3.05, 3.63) is 0 Å². The predicted molar refractivity (Wildman–Crippen MR) is 72.0 cm³/mol. The lowest BCUT2D eigenvalue weighted by Gasteiger charge is -2.34. The molecule has 98 valence electrons. The van der Waals surface area contributed by atoms with Crippen molar-refractivity contribution in [1.29, 1.82) is 0 Å². The standard InChI is InChI=1S/C11H17Cl2NO2S/c12-8-3-1-2-7(10(8)13)11-14-6(5-17-11)4-9(15)16/h6-8,10-11,14H,1-5H2,(H,15,16). The van der Waals surface area contributed by atoms with E-state index < -0.39 is 5.97 Å². The van der Waals surface area contributed by atoms with Crippen molar-refractivity contribution in [3.8, 4) is 0 Å². The van der Waals surface area contributed by atoms with Gasteiger partial charge in [0.25, 0.3) is 0 Å². The lowest BCUT2D eigenvalue weighted by atomic mass is 9.88. The van der Waals surface area contributed by atoms with Crippen LogP contribution in [-0.4, -0.2) is 39.0 Å². The van der Waals surface area contributed by atoms with E-state index in [1.54, 1.807) is 11.8 Å². The number of carboxylic acids is 1. The van der Waals surface area contributed by atoms with Crippen molar-refractivity contribution in [1.82, 2.24) is 5.32 Å². The van der Waals surface area contributed by atoms with Crippen LogP contribution in [0.25, 0.3) is 0 Å². The number of hydrogen-bond donors (Lipinski definition) is 2. The summed E-state index contributed by atoms with van der Waals surface area (Å²) in [6, 6.07) is 0.0714. The van der Waals surface area contributed by atoms with E-state index in [0.29, 0.717) is 5.92 Å². The molecule has 0 aromatic rings. The fourth-order valence-corrected chi connectivity index (χ4v) is 4.90. The molecule has 17 heavy (non-hydrogen) atoms. The van der Waals surface area contributed by atoms with Gasteiger partial charge >= 0.3 is 5.97 Å². The Morgan fingerprint density at radius 2 is 2.18 bits per heavy atom. The fraction of sp³-hybridized carbons (Fsp3) is 0.909. The monoisotopic (exact) mass is 297 g/mol. The summed E-state index contributed by atoms with van der Waals surface area (Å²) >= 11 is 14.4. The molecule has 0 radical (unpaired) electrons. The minimum atomic E-state index is -0.745. The highest BCUT2D eigenvalue weighted by Gasteiger charge is 2.39. The Hall–Kier alpha value is 0.360. The number of carboxylic acid groups (broad SMARTS) is 1. The molecule has 0 aromatic carbocycles. The molecule has 2 N–H and O–H groups in total. The van der Waals surface area contributed by atoms with E-state index in [0.717, 1.165) is 25.0 Å². The summed E-state index contributed by atoms with van der Waals surface area (Å²) in [5.41, 5.74) is 0. The van der Waals surface area contributed by atoms with Gasteiger partial charge in [0, 0.05) is 17.7 Å². The van der Waals surface area contributed by atoms with Crippen LogP contribution in [0.1, 0.15) is 25.7 Å². The number of nitrogens with one attached hydrogen (secondary N) is 1. The molecule has 0 bridgehead atoms. The number of hydrogen-bond acceptors (Lipinski definition) is 3. The topological polar surface area (TPSA) is 49.3 Å². The molecule has 0 amide bonds. The summed E-state index contributed by atoms with van der Waals surface area (Å²) in [6.07, 6.45) is 3.38. The summed E-state index contributed by atoms with van der Waals surface area (Å²) in [5.74, 6) is 0.464. The van der Waals surface area contributed by atoms with Gasteiger partial charge in [0.1, 0.15) is 0 Å². The first-order valence-electron chi connectivity index (χ1n) is 5.95. The SMILES string of the molecule is O=C(O)CC1CSC(C2CCCC(Cl)C2Cl)N1. The van der Waals surface area contributed by atoms with E-state index in [1.165, 1.54) is 0 Å². The van der Waals surface area contributed by atoms with Crippen LogP contribution < -0.4 is 5.32 Å². The van der Waals surface area contributed by atoms with Crippen LogP contribution >= 0.6 is 35.0 Å². The molecular weight excluding hydrogens is 281 g/mol. The first-order chi connectivity index (χ1) is 8.08. The summed E-state index contributed by atoms with van der Waals surface area (Å²) in [7, 11) is 0.